The number of carbonyl (C=O) groups is 2. The van der Waals surface area contributed by atoms with Crippen LogP contribution in [-0.2, 0) is 9.53 Å². The quantitative estimate of drug-likeness (QED) is 0.514. The maximum absolute atomic E-state index is 12.3. The molecule has 3 aromatic rings. The van der Waals surface area contributed by atoms with Crippen LogP contribution in [0.1, 0.15) is 31.1 Å². The molecule has 2 aromatic heterocycles. The van der Waals surface area contributed by atoms with E-state index in [0.29, 0.717) is 0 Å². The highest BCUT2D eigenvalue weighted by molar-refractivity contribution is 6.02. The Bertz CT molecular complexity index is 1130. The third-order valence-corrected chi connectivity index (χ3v) is 3.92. The fourth-order valence-corrected chi connectivity index (χ4v) is 2.72. The minimum absolute atomic E-state index is 0.123. The number of carbonyl (C=O) groups excluding carboxylic acids is 2. The van der Waals surface area contributed by atoms with Crippen molar-refractivity contribution in [2.75, 3.05) is 6.54 Å². The molecule has 1 amide bonds. The van der Waals surface area contributed by atoms with E-state index in [0.717, 1.165) is 11.1 Å². The van der Waals surface area contributed by atoms with Crippen LogP contribution >= 0.6 is 0 Å². The van der Waals surface area contributed by atoms with E-state index in [-0.39, 0.29) is 11.0 Å². The molecule has 0 bridgehead atoms. The second-order valence-electron chi connectivity index (χ2n) is 7.33. The molecule has 0 aliphatic carbocycles. The van der Waals surface area contributed by atoms with Crippen LogP contribution < -0.4 is 10.9 Å². The van der Waals surface area contributed by atoms with Gasteiger partial charge in [0.1, 0.15) is 23.5 Å². The molecular formula is C21H20N2O6. The molecular weight excluding hydrogens is 376 g/mol. The minimum Gasteiger partial charge on any atom is -0.506 e. The van der Waals surface area contributed by atoms with Crippen LogP contribution in [0.5, 0.6) is 5.75 Å². The van der Waals surface area contributed by atoms with Crippen LogP contribution in [0.2, 0.25) is 0 Å². The van der Waals surface area contributed by atoms with Crippen molar-refractivity contribution in [3.05, 3.63) is 58.7 Å². The Morgan fingerprint density at radius 3 is 2.62 bits per heavy atom. The zero-order chi connectivity index (χ0) is 21.2. The molecule has 0 spiro atoms. The number of amides is 1. The van der Waals surface area contributed by atoms with Crippen LogP contribution in [0, 0.1) is 0 Å². The number of fused-ring (bicyclic) bond motifs is 1. The largest absolute Gasteiger partial charge is 0.506 e. The van der Waals surface area contributed by atoms with Gasteiger partial charge in [0.25, 0.3) is 5.91 Å². The normalized spacial score (nSPS) is 11.3. The Balaban J connectivity index is 1.89. The first-order valence-corrected chi connectivity index (χ1v) is 8.86. The van der Waals surface area contributed by atoms with E-state index >= 15 is 0 Å². The molecule has 0 aliphatic heterocycles. The summed E-state index contributed by atoms with van der Waals surface area (Å²) in [6.45, 7) is 4.62. The van der Waals surface area contributed by atoms with Crippen molar-refractivity contribution in [2.24, 2.45) is 0 Å². The van der Waals surface area contributed by atoms with Crippen molar-refractivity contribution in [1.29, 1.82) is 0 Å². The molecule has 29 heavy (non-hydrogen) atoms. The molecule has 0 radical (unpaired) electrons. The lowest BCUT2D eigenvalue weighted by Gasteiger charge is -2.19. The van der Waals surface area contributed by atoms with Crippen molar-refractivity contribution in [3.63, 3.8) is 0 Å². The zero-order valence-corrected chi connectivity index (χ0v) is 16.2. The first-order valence-electron chi connectivity index (χ1n) is 8.86. The van der Waals surface area contributed by atoms with Gasteiger partial charge in [-0.05, 0) is 44.5 Å². The monoisotopic (exact) mass is 396 g/mol. The smallest absolute Gasteiger partial charge is 0.353 e. The number of ether oxygens (including phenoxy) is 1. The predicted molar refractivity (Wildman–Crippen MR) is 106 cm³/mol. The Morgan fingerprint density at radius 2 is 1.97 bits per heavy atom. The molecule has 0 fully saturated rings. The van der Waals surface area contributed by atoms with Gasteiger partial charge in [-0.2, -0.15) is 0 Å². The molecule has 1 aromatic carbocycles. The number of hydrogen-bond acceptors (Lipinski definition) is 7. The van der Waals surface area contributed by atoms with E-state index < -0.39 is 41.0 Å². The van der Waals surface area contributed by atoms with Gasteiger partial charge >= 0.3 is 11.6 Å². The average molecular weight is 396 g/mol. The van der Waals surface area contributed by atoms with Gasteiger partial charge in [0.15, 0.2) is 5.56 Å². The highest BCUT2D eigenvalue weighted by Gasteiger charge is 2.23. The summed E-state index contributed by atoms with van der Waals surface area (Å²) < 4.78 is 10.3. The molecule has 2 heterocycles. The lowest BCUT2D eigenvalue weighted by molar-refractivity contribution is -0.153. The SMILES string of the molecule is CC(C)(C)OC(=O)CNC(=O)c1c(O)c2ccc(-c3cccnc3)cc2oc1=O. The van der Waals surface area contributed by atoms with Crippen LogP contribution in [0.3, 0.4) is 0 Å². The molecule has 2 N–H and O–H groups in total. The first-order chi connectivity index (χ1) is 13.7. The Kier molecular flexibility index (Phi) is 5.36. The summed E-state index contributed by atoms with van der Waals surface area (Å²) >= 11 is 0. The maximum atomic E-state index is 12.3. The molecule has 0 saturated heterocycles. The lowest BCUT2D eigenvalue weighted by Crippen LogP contribution is -2.36. The Morgan fingerprint density at radius 1 is 1.21 bits per heavy atom. The lowest BCUT2D eigenvalue weighted by atomic mass is 10.0. The van der Waals surface area contributed by atoms with Crippen LogP contribution in [0.15, 0.2) is 51.9 Å². The molecule has 0 unspecified atom stereocenters. The second-order valence-corrected chi connectivity index (χ2v) is 7.33. The molecule has 150 valence electrons. The van der Waals surface area contributed by atoms with Crippen molar-refractivity contribution in [1.82, 2.24) is 10.3 Å². The van der Waals surface area contributed by atoms with Gasteiger partial charge in [0, 0.05) is 18.0 Å². The average Bonchev–Trinajstić information content (AvgIpc) is 2.65. The van der Waals surface area contributed by atoms with E-state index in [1.54, 1.807) is 57.4 Å². The summed E-state index contributed by atoms with van der Waals surface area (Å²) in [6.07, 6.45) is 3.29. The number of rotatable bonds is 4. The highest BCUT2D eigenvalue weighted by atomic mass is 16.6. The summed E-state index contributed by atoms with van der Waals surface area (Å²) in [5.41, 5.74) is -0.642. The van der Waals surface area contributed by atoms with Crippen molar-refractivity contribution in [3.8, 4) is 16.9 Å². The van der Waals surface area contributed by atoms with Crippen molar-refractivity contribution < 1.29 is 23.8 Å². The van der Waals surface area contributed by atoms with Gasteiger partial charge in [-0.25, -0.2) is 4.79 Å². The van der Waals surface area contributed by atoms with E-state index in [4.69, 9.17) is 9.15 Å². The molecule has 3 rings (SSSR count). The molecule has 0 atom stereocenters. The summed E-state index contributed by atoms with van der Waals surface area (Å²) in [6, 6.07) is 8.44. The third-order valence-electron chi connectivity index (χ3n) is 3.92. The fraction of sp³-hybridized carbons (Fsp3) is 0.238. The van der Waals surface area contributed by atoms with Crippen LogP contribution in [-0.4, -0.2) is 34.1 Å². The van der Waals surface area contributed by atoms with Crippen molar-refractivity contribution >= 4 is 22.8 Å². The van der Waals surface area contributed by atoms with Crippen molar-refractivity contribution in [2.45, 2.75) is 26.4 Å². The number of hydrogen-bond donors (Lipinski definition) is 2. The van der Waals surface area contributed by atoms with Crippen LogP contribution in [0.25, 0.3) is 22.1 Å². The van der Waals surface area contributed by atoms with Gasteiger partial charge < -0.3 is 19.6 Å². The molecule has 0 saturated carbocycles. The van der Waals surface area contributed by atoms with E-state index in [9.17, 15) is 19.5 Å². The topological polar surface area (TPSA) is 119 Å². The van der Waals surface area contributed by atoms with Crippen LogP contribution in [0.4, 0.5) is 0 Å². The van der Waals surface area contributed by atoms with E-state index in [2.05, 4.69) is 10.3 Å². The highest BCUT2D eigenvalue weighted by Crippen LogP contribution is 2.30. The summed E-state index contributed by atoms with van der Waals surface area (Å²) in [4.78, 5) is 40.4. The fourth-order valence-electron chi connectivity index (χ4n) is 2.72. The maximum Gasteiger partial charge on any atom is 0.353 e. The Labute approximate surface area is 166 Å². The van der Waals surface area contributed by atoms with Gasteiger partial charge in [-0.3, -0.25) is 14.6 Å². The predicted octanol–water partition coefficient (Wildman–Crippen LogP) is 2.63. The molecule has 8 heteroatoms. The van der Waals surface area contributed by atoms with Gasteiger partial charge in [0.05, 0.1) is 5.39 Å². The van der Waals surface area contributed by atoms with Gasteiger partial charge in [-0.15, -0.1) is 0 Å². The number of aromatic nitrogens is 1. The number of benzene rings is 1. The zero-order valence-electron chi connectivity index (χ0n) is 16.2. The standard InChI is InChI=1S/C21H20N2O6/c1-21(2,3)29-16(24)11-23-19(26)17-18(25)14-7-6-12(9-15(14)28-20(17)27)13-5-4-8-22-10-13/h4-10,25H,11H2,1-3H3,(H,23,26). The number of nitrogens with zero attached hydrogens (tertiary/aromatic N) is 1. The summed E-state index contributed by atoms with van der Waals surface area (Å²) in [5.74, 6) is -2.12. The van der Waals surface area contributed by atoms with E-state index in [1.165, 1.54) is 0 Å². The van der Waals surface area contributed by atoms with E-state index in [1.807, 2.05) is 6.07 Å². The molecule has 0 aliphatic rings. The number of aromatic hydroxyl groups is 1. The summed E-state index contributed by atoms with van der Waals surface area (Å²) in [5, 5.41) is 12.9. The minimum atomic E-state index is -1.01. The van der Waals surface area contributed by atoms with Gasteiger partial charge in [0.2, 0.25) is 0 Å². The Hall–Kier alpha value is -3.68. The number of nitrogens with one attached hydrogen (secondary N) is 1. The second kappa shape index (κ2) is 7.75. The third kappa shape index (κ3) is 4.60. The molecule has 8 nitrogen and oxygen atoms in total. The summed E-state index contributed by atoms with van der Waals surface area (Å²) in [7, 11) is 0. The van der Waals surface area contributed by atoms with Gasteiger partial charge in [-0.1, -0.05) is 12.1 Å². The number of esters is 1. The first kappa shape index (κ1) is 20.1. The number of pyridine rings is 1.